The van der Waals surface area contributed by atoms with Crippen molar-refractivity contribution in [1.29, 1.82) is 0 Å². The number of hydrogen-bond donors (Lipinski definition) is 0. The topological polar surface area (TPSA) is 115 Å². The molecule has 0 atom stereocenters. The van der Waals surface area contributed by atoms with Crippen LogP contribution in [0.1, 0.15) is 15.9 Å². The zero-order chi connectivity index (χ0) is 15.8. The summed E-state index contributed by atoms with van der Waals surface area (Å²) in [5.41, 5.74) is 18.6. The second-order valence-corrected chi connectivity index (χ2v) is 4.16. The standard InChI is InChI=1S/C15H10N6O.Na.H/c16-20-18-13-8-4-7-12(15(13)19-21-17)9-10-14(22)11-5-2-1-3-6-11;;/h1-10H;;. The first kappa shape index (κ1) is 18.5. The van der Waals surface area contributed by atoms with E-state index in [1.807, 2.05) is 6.07 Å². The van der Waals surface area contributed by atoms with E-state index in [-0.39, 0.29) is 46.7 Å². The molecule has 0 aliphatic carbocycles. The zero-order valence-electron chi connectivity index (χ0n) is 11.4. The minimum atomic E-state index is -0.179. The molecule has 0 bridgehead atoms. The van der Waals surface area contributed by atoms with Gasteiger partial charge in [0.25, 0.3) is 0 Å². The SMILES string of the molecule is [N-]=[N+]=Nc1cccc(C=CC(=O)c2ccccc2)c1N=[N+]=[N-].[NaH]. The summed E-state index contributed by atoms with van der Waals surface area (Å²) >= 11 is 0. The van der Waals surface area contributed by atoms with Crippen LogP contribution in [0.2, 0.25) is 0 Å². The Kier molecular flexibility index (Phi) is 7.63. The van der Waals surface area contributed by atoms with Gasteiger partial charge in [0.2, 0.25) is 0 Å². The maximum atomic E-state index is 12.0. The molecule has 0 saturated carbocycles. The predicted octanol–water partition coefficient (Wildman–Crippen LogP) is 4.82. The first-order valence-corrected chi connectivity index (χ1v) is 6.27. The van der Waals surface area contributed by atoms with Gasteiger partial charge in [-0.2, -0.15) is 0 Å². The maximum absolute atomic E-state index is 12.0. The number of hydrogen-bond acceptors (Lipinski definition) is 3. The van der Waals surface area contributed by atoms with Crippen LogP contribution in [0.3, 0.4) is 0 Å². The Balaban J connectivity index is 0.00000264. The molecule has 2 aromatic carbocycles. The molecule has 0 aliphatic heterocycles. The van der Waals surface area contributed by atoms with Crippen molar-refractivity contribution in [2.75, 3.05) is 0 Å². The van der Waals surface area contributed by atoms with E-state index in [1.54, 1.807) is 36.4 Å². The molecule has 0 radical (unpaired) electrons. The predicted molar refractivity (Wildman–Crippen MR) is 91.0 cm³/mol. The summed E-state index contributed by atoms with van der Waals surface area (Å²) in [5, 5.41) is 7.00. The average molecular weight is 314 g/mol. The molecule has 0 aromatic heterocycles. The van der Waals surface area contributed by atoms with Gasteiger partial charge in [-0.3, -0.25) is 4.79 Å². The number of ketones is 1. The number of carbonyl (C=O) groups excluding carboxylic acids is 1. The van der Waals surface area contributed by atoms with Gasteiger partial charge in [0.1, 0.15) is 0 Å². The summed E-state index contributed by atoms with van der Waals surface area (Å²) in [6, 6.07) is 13.6. The Bertz CT molecular complexity index is 821. The fraction of sp³-hybridized carbons (Fsp3) is 0. The van der Waals surface area contributed by atoms with E-state index in [2.05, 4.69) is 20.1 Å². The number of azide groups is 2. The molecule has 7 nitrogen and oxygen atoms in total. The molecule has 108 valence electrons. The van der Waals surface area contributed by atoms with E-state index in [4.69, 9.17) is 11.1 Å². The van der Waals surface area contributed by atoms with Crippen molar-refractivity contribution in [3.8, 4) is 0 Å². The average Bonchev–Trinajstić information content (AvgIpc) is 2.56. The van der Waals surface area contributed by atoms with Gasteiger partial charge in [-0.05, 0) is 22.7 Å². The summed E-state index contributed by atoms with van der Waals surface area (Å²) < 4.78 is 0. The number of rotatable bonds is 5. The summed E-state index contributed by atoms with van der Waals surface area (Å²) in [6.45, 7) is 0. The monoisotopic (exact) mass is 314 g/mol. The van der Waals surface area contributed by atoms with Crippen LogP contribution in [0, 0.1) is 0 Å². The third-order valence-corrected chi connectivity index (χ3v) is 2.82. The molecule has 0 N–H and O–H groups in total. The Morgan fingerprint density at radius 2 is 1.65 bits per heavy atom. The van der Waals surface area contributed by atoms with Gasteiger partial charge < -0.3 is 0 Å². The van der Waals surface area contributed by atoms with E-state index < -0.39 is 0 Å². The summed E-state index contributed by atoms with van der Waals surface area (Å²) in [4.78, 5) is 17.4. The van der Waals surface area contributed by atoms with Gasteiger partial charge in [0.15, 0.2) is 5.78 Å². The second kappa shape index (κ2) is 9.48. The number of allylic oxidation sites excluding steroid dienone is 1. The Hall–Kier alpha value is -2.53. The minimum absolute atomic E-state index is 0. The van der Waals surface area contributed by atoms with Crippen LogP contribution in [-0.2, 0) is 0 Å². The molecule has 0 saturated heterocycles. The van der Waals surface area contributed by atoms with Gasteiger partial charge in [-0.15, -0.1) is 0 Å². The van der Waals surface area contributed by atoms with E-state index in [9.17, 15) is 4.79 Å². The quantitative estimate of drug-likeness (QED) is 0.193. The van der Waals surface area contributed by atoms with Gasteiger partial charge in [-0.25, -0.2) is 0 Å². The van der Waals surface area contributed by atoms with Gasteiger partial charge in [-0.1, -0.05) is 64.8 Å². The van der Waals surface area contributed by atoms with Crippen LogP contribution in [-0.4, -0.2) is 35.3 Å². The van der Waals surface area contributed by atoms with Crippen LogP contribution in [0.4, 0.5) is 11.4 Å². The Morgan fingerprint density at radius 3 is 2.30 bits per heavy atom. The van der Waals surface area contributed by atoms with Crippen LogP contribution in [0.5, 0.6) is 0 Å². The van der Waals surface area contributed by atoms with Crippen LogP contribution >= 0.6 is 0 Å². The van der Waals surface area contributed by atoms with Crippen LogP contribution < -0.4 is 0 Å². The molecule has 23 heavy (non-hydrogen) atoms. The first-order chi connectivity index (χ1) is 10.8. The van der Waals surface area contributed by atoms with Crippen molar-refractivity contribution in [3.05, 3.63) is 86.6 Å². The van der Waals surface area contributed by atoms with Crippen molar-refractivity contribution in [1.82, 2.24) is 0 Å². The van der Waals surface area contributed by atoms with Gasteiger partial charge in [0, 0.05) is 21.1 Å². The van der Waals surface area contributed by atoms with E-state index in [1.165, 1.54) is 18.2 Å². The zero-order valence-corrected chi connectivity index (χ0v) is 11.4. The van der Waals surface area contributed by atoms with E-state index in [0.29, 0.717) is 11.1 Å². The summed E-state index contributed by atoms with van der Waals surface area (Å²) in [5.74, 6) is -0.179. The molecule has 2 aromatic rings. The third kappa shape index (κ3) is 5.00. The molecule has 0 heterocycles. The number of carbonyl (C=O) groups is 1. The van der Waals surface area contributed by atoms with Crippen molar-refractivity contribution in [3.63, 3.8) is 0 Å². The number of nitrogens with zero attached hydrogens (tertiary/aromatic N) is 6. The van der Waals surface area contributed by atoms with Crippen LogP contribution in [0.25, 0.3) is 27.0 Å². The van der Waals surface area contributed by atoms with E-state index in [0.717, 1.165) is 0 Å². The molecular weight excluding hydrogens is 303 g/mol. The summed E-state index contributed by atoms with van der Waals surface area (Å²) in [6.07, 6.45) is 2.90. The molecule has 0 spiro atoms. The van der Waals surface area contributed by atoms with Crippen molar-refractivity contribution < 1.29 is 4.79 Å². The van der Waals surface area contributed by atoms with Crippen LogP contribution in [0.15, 0.2) is 64.8 Å². The van der Waals surface area contributed by atoms with Crippen molar-refractivity contribution in [2.45, 2.75) is 0 Å². The third-order valence-electron chi connectivity index (χ3n) is 2.82. The normalized spacial score (nSPS) is 9.39. The molecule has 2 rings (SSSR count). The fourth-order valence-corrected chi connectivity index (χ4v) is 1.83. The Morgan fingerprint density at radius 1 is 0.957 bits per heavy atom. The fourth-order valence-electron chi connectivity index (χ4n) is 1.83. The molecule has 0 aliphatic rings. The Labute approximate surface area is 154 Å². The molecule has 8 heteroatoms. The van der Waals surface area contributed by atoms with Crippen molar-refractivity contribution >= 4 is 52.8 Å². The first-order valence-electron chi connectivity index (χ1n) is 6.27. The van der Waals surface area contributed by atoms with Gasteiger partial charge in [0.05, 0.1) is 5.69 Å². The van der Waals surface area contributed by atoms with Crippen molar-refractivity contribution in [2.24, 2.45) is 10.2 Å². The molecule has 0 unspecified atom stereocenters. The molecule has 0 amide bonds. The molecular formula is C15H11N6NaO. The second-order valence-electron chi connectivity index (χ2n) is 4.16. The molecule has 0 fully saturated rings. The van der Waals surface area contributed by atoms with Gasteiger partial charge >= 0.3 is 29.6 Å². The van der Waals surface area contributed by atoms with E-state index >= 15 is 0 Å². The number of benzene rings is 2. The summed E-state index contributed by atoms with van der Waals surface area (Å²) in [7, 11) is 0.